The first kappa shape index (κ1) is 14.3. The molecule has 124 valence electrons. The summed E-state index contributed by atoms with van der Waals surface area (Å²) in [7, 11) is 0. The molecule has 5 aliphatic rings. The van der Waals surface area contributed by atoms with Crippen molar-refractivity contribution in [2.45, 2.75) is 20.3 Å². The molecule has 2 saturated carbocycles. The van der Waals surface area contributed by atoms with Gasteiger partial charge in [0.2, 0.25) is 11.8 Å². The lowest BCUT2D eigenvalue weighted by Gasteiger charge is -2.37. The summed E-state index contributed by atoms with van der Waals surface area (Å²) in [6, 6.07) is 6.12. The molecule has 1 N–H and O–H groups in total. The van der Waals surface area contributed by atoms with Gasteiger partial charge in [-0.1, -0.05) is 18.2 Å². The van der Waals surface area contributed by atoms with E-state index in [-0.39, 0.29) is 30.3 Å². The average molecular weight is 322 g/mol. The summed E-state index contributed by atoms with van der Waals surface area (Å²) in [5, 5.41) is 3.26. The van der Waals surface area contributed by atoms with Crippen molar-refractivity contribution in [1.29, 1.82) is 0 Å². The van der Waals surface area contributed by atoms with E-state index in [0.717, 1.165) is 5.69 Å². The maximum atomic E-state index is 12.9. The molecule has 1 aromatic carbocycles. The van der Waals surface area contributed by atoms with Gasteiger partial charge in [0, 0.05) is 5.69 Å². The van der Waals surface area contributed by atoms with Crippen LogP contribution in [0.15, 0.2) is 30.4 Å². The van der Waals surface area contributed by atoms with Gasteiger partial charge >= 0.3 is 0 Å². The number of carbonyl (C=O) groups excluding carboxylic acids is 2. The zero-order valence-corrected chi connectivity index (χ0v) is 14.0. The highest BCUT2D eigenvalue weighted by atomic mass is 16.2. The quantitative estimate of drug-likeness (QED) is 0.688. The van der Waals surface area contributed by atoms with Gasteiger partial charge in [-0.05, 0) is 67.2 Å². The van der Waals surface area contributed by atoms with E-state index < -0.39 is 0 Å². The van der Waals surface area contributed by atoms with Crippen LogP contribution in [0.3, 0.4) is 0 Å². The van der Waals surface area contributed by atoms with Crippen molar-refractivity contribution in [3.63, 3.8) is 0 Å². The van der Waals surface area contributed by atoms with Crippen LogP contribution >= 0.6 is 0 Å². The molecule has 0 aromatic heterocycles. The molecule has 3 fully saturated rings. The molecular weight excluding hydrogens is 300 g/mol. The summed E-state index contributed by atoms with van der Waals surface area (Å²) in [6.45, 7) is 4.42. The number of hydrogen-bond donors (Lipinski definition) is 1. The summed E-state index contributed by atoms with van der Waals surface area (Å²) in [5.41, 5.74) is 3.40. The van der Waals surface area contributed by atoms with E-state index in [1.807, 2.05) is 6.07 Å². The Morgan fingerprint density at radius 3 is 2.21 bits per heavy atom. The SMILES string of the molecule is Cc1ccc(NCN2C(=O)[C@@H]3[C@@H]4C=C[C@H]([C@H]5C[C@H]45)[C@@H]3C2=O)cc1C. The van der Waals surface area contributed by atoms with Crippen LogP contribution in [0.2, 0.25) is 0 Å². The Bertz CT molecular complexity index is 748. The molecule has 1 aliphatic heterocycles. The second-order valence-corrected chi connectivity index (χ2v) is 7.89. The van der Waals surface area contributed by atoms with Crippen molar-refractivity contribution in [3.8, 4) is 0 Å². The van der Waals surface area contributed by atoms with Crippen molar-refractivity contribution in [1.82, 2.24) is 4.90 Å². The standard InChI is InChI=1S/C20H22N2O2/c1-10-3-4-12(7-11(10)2)21-9-22-19(23)17-13-5-6-14(16-8-15(13)16)18(17)20(22)24/h3-7,13-18,21H,8-9H2,1-2H3/t13-,14-,15-,16-,17-,18+/m1/s1. The Balaban J connectivity index is 1.36. The maximum absolute atomic E-state index is 12.9. The number of hydrogen-bond acceptors (Lipinski definition) is 3. The van der Waals surface area contributed by atoms with Crippen molar-refractivity contribution < 1.29 is 9.59 Å². The molecule has 0 unspecified atom stereocenters. The first-order chi connectivity index (χ1) is 11.6. The number of nitrogens with one attached hydrogen (secondary N) is 1. The molecule has 6 rings (SSSR count). The van der Waals surface area contributed by atoms with Gasteiger partial charge in [-0.3, -0.25) is 14.5 Å². The Hall–Kier alpha value is -2.10. The van der Waals surface area contributed by atoms with E-state index in [1.165, 1.54) is 22.4 Å². The molecule has 0 spiro atoms. The highest BCUT2D eigenvalue weighted by Crippen LogP contribution is 2.65. The van der Waals surface area contributed by atoms with E-state index in [9.17, 15) is 9.59 Å². The van der Waals surface area contributed by atoms with Gasteiger partial charge in [0.1, 0.15) is 0 Å². The number of rotatable bonds is 3. The number of allylic oxidation sites excluding steroid dienone is 2. The summed E-state index contributed by atoms with van der Waals surface area (Å²) in [5.74, 6) is 1.78. The van der Waals surface area contributed by atoms with Gasteiger partial charge in [-0.15, -0.1) is 0 Å². The number of nitrogens with zero attached hydrogens (tertiary/aromatic N) is 1. The molecule has 2 bridgehead atoms. The molecule has 1 saturated heterocycles. The van der Waals surface area contributed by atoms with Crippen LogP contribution < -0.4 is 5.32 Å². The lowest BCUT2D eigenvalue weighted by Crippen LogP contribution is -2.40. The van der Waals surface area contributed by atoms with Crippen LogP contribution in [0.1, 0.15) is 17.5 Å². The molecule has 4 heteroatoms. The number of carbonyl (C=O) groups is 2. The van der Waals surface area contributed by atoms with Gasteiger partial charge < -0.3 is 5.32 Å². The molecule has 1 aromatic rings. The van der Waals surface area contributed by atoms with E-state index in [0.29, 0.717) is 23.7 Å². The van der Waals surface area contributed by atoms with Gasteiger partial charge in [0.25, 0.3) is 0 Å². The van der Waals surface area contributed by atoms with Crippen LogP contribution in [0.5, 0.6) is 0 Å². The molecule has 24 heavy (non-hydrogen) atoms. The highest BCUT2D eigenvalue weighted by Gasteiger charge is 2.66. The van der Waals surface area contributed by atoms with Crippen LogP contribution in [-0.2, 0) is 9.59 Å². The van der Waals surface area contributed by atoms with Gasteiger partial charge in [-0.2, -0.15) is 0 Å². The Labute approximate surface area is 141 Å². The second-order valence-electron chi connectivity index (χ2n) is 7.89. The first-order valence-corrected chi connectivity index (χ1v) is 8.91. The average Bonchev–Trinajstić information content (AvgIpc) is 3.35. The summed E-state index contributed by atoms with van der Waals surface area (Å²) in [4.78, 5) is 27.2. The topological polar surface area (TPSA) is 49.4 Å². The minimum absolute atomic E-state index is 0.0334. The fourth-order valence-electron chi connectivity index (χ4n) is 5.20. The van der Waals surface area contributed by atoms with E-state index in [2.05, 4.69) is 43.4 Å². The third-order valence-electron chi connectivity index (χ3n) is 6.70. The number of amides is 2. The van der Waals surface area contributed by atoms with Crippen LogP contribution in [-0.4, -0.2) is 23.4 Å². The molecule has 6 atom stereocenters. The highest BCUT2D eigenvalue weighted by molar-refractivity contribution is 6.06. The van der Waals surface area contributed by atoms with E-state index in [1.54, 1.807) is 0 Å². The lowest BCUT2D eigenvalue weighted by atomic mass is 9.63. The van der Waals surface area contributed by atoms with Crippen LogP contribution in [0.4, 0.5) is 5.69 Å². The molecule has 1 heterocycles. The largest absolute Gasteiger partial charge is 0.367 e. The number of likely N-dealkylation sites (tertiary alicyclic amines) is 1. The lowest BCUT2D eigenvalue weighted by molar-refractivity contribution is -0.139. The van der Waals surface area contributed by atoms with Crippen molar-refractivity contribution in [3.05, 3.63) is 41.5 Å². The third kappa shape index (κ3) is 1.80. The van der Waals surface area contributed by atoms with Crippen molar-refractivity contribution >= 4 is 17.5 Å². The number of aryl methyl sites for hydroxylation is 2. The Morgan fingerprint density at radius 2 is 1.62 bits per heavy atom. The van der Waals surface area contributed by atoms with Crippen molar-refractivity contribution in [2.75, 3.05) is 12.0 Å². The zero-order chi connectivity index (χ0) is 16.6. The second kappa shape index (κ2) is 4.71. The van der Waals surface area contributed by atoms with Crippen LogP contribution in [0.25, 0.3) is 0 Å². The molecule has 2 amide bonds. The Kier molecular flexibility index (Phi) is 2.80. The monoisotopic (exact) mass is 322 g/mol. The normalized spacial score (nSPS) is 38.3. The summed E-state index contributed by atoms with van der Waals surface area (Å²) < 4.78 is 0. The van der Waals surface area contributed by atoms with Crippen LogP contribution in [0, 0.1) is 49.4 Å². The third-order valence-corrected chi connectivity index (χ3v) is 6.70. The zero-order valence-electron chi connectivity index (χ0n) is 14.0. The van der Waals surface area contributed by atoms with E-state index in [4.69, 9.17) is 0 Å². The molecule has 4 nitrogen and oxygen atoms in total. The summed E-state index contributed by atoms with van der Waals surface area (Å²) in [6.07, 6.45) is 5.63. The minimum Gasteiger partial charge on any atom is -0.367 e. The minimum atomic E-state index is -0.0993. The van der Waals surface area contributed by atoms with Gasteiger partial charge in [0.05, 0.1) is 18.5 Å². The van der Waals surface area contributed by atoms with Gasteiger partial charge in [-0.25, -0.2) is 0 Å². The Morgan fingerprint density at radius 1 is 1.00 bits per heavy atom. The number of imide groups is 1. The van der Waals surface area contributed by atoms with E-state index >= 15 is 0 Å². The predicted molar refractivity (Wildman–Crippen MR) is 91.0 cm³/mol. The van der Waals surface area contributed by atoms with Crippen molar-refractivity contribution in [2.24, 2.45) is 35.5 Å². The predicted octanol–water partition coefficient (Wildman–Crippen LogP) is 2.73. The fourth-order valence-corrected chi connectivity index (χ4v) is 5.20. The van der Waals surface area contributed by atoms with Gasteiger partial charge in [0.15, 0.2) is 0 Å². The molecular formula is C20H22N2O2. The number of benzene rings is 1. The smallest absolute Gasteiger partial charge is 0.235 e. The fraction of sp³-hybridized carbons (Fsp3) is 0.500. The maximum Gasteiger partial charge on any atom is 0.235 e. The number of anilines is 1. The summed E-state index contributed by atoms with van der Waals surface area (Å²) >= 11 is 0. The molecule has 4 aliphatic carbocycles. The molecule has 0 radical (unpaired) electrons. The first-order valence-electron chi connectivity index (χ1n) is 8.91.